The Morgan fingerprint density at radius 1 is 1.13 bits per heavy atom. The lowest BCUT2D eigenvalue weighted by Gasteiger charge is -2.38. The average Bonchev–Trinajstić information content (AvgIpc) is 2.12. The third-order valence-corrected chi connectivity index (χ3v) is 3.67. The largest absolute Gasteiger partial charge is 0.139 e. The number of hydrogen-bond donors (Lipinski definition) is 0. The average molecular weight is 213 g/mol. The summed E-state index contributed by atoms with van der Waals surface area (Å²) in [6.45, 7) is 13.4. The van der Waals surface area contributed by atoms with Crippen molar-refractivity contribution >= 4 is 0 Å². The van der Waals surface area contributed by atoms with Gasteiger partial charge in [-0.3, -0.25) is 0 Å². The summed E-state index contributed by atoms with van der Waals surface area (Å²) in [6.07, 6.45) is 0. The molecule has 0 aliphatic carbocycles. The van der Waals surface area contributed by atoms with Crippen molar-refractivity contribution < 1.29 is 4.48 Å². The predicted octanol–water partition coefficient (Wildman–Crippen LogP) is 3.82. The van der Waals surface area contributed by atoms with Crippen molar-refractivity contribution in [3.05, 3.63) is 11.1 Å². The molecule has 0 aromatic heterocycles. The van der Waals surface area contributed by atoms with Gasteiger partial charge in [-0.25, -0.2) is 0 Å². The lowest BCUT2D eigenvalue weighted by atomic mass is 9.77. The standard InChI is InChI=1S/C13H24FN/c1-8(2)12-7-15(14)11(6)10(5)13(12)9(3)4/h8-11H,7H2,1-6H3. The van der Waals surface area contributed by atoms with Crippen LogP contribution in [0.4, 0.5) is 4.48 Å². The zero-order valence-electron chi connectivity index (χ0n) is 10.8. The Kier molecular flexibility index (Phi) is 3.93. The third kappa shape index (κ3) is 2.41. The molecule has 0 bridgehead atoms. The minimum Gasteiger partial charge on any atom is -0.139 e. The molecule has 0 spiro atoms. The van der Waals surface area contributed by atoms with Crippen molar-refractivity contribution in [1.29, 1.82) is 0 Å². The molecule has 0 aromatic rings. The van der Waals surface area contributed by atoms with E-state index in [2.05, 4.69) is 34.6 Å². The van der Waals surface area contributed by atoms with Crippen LogP contribution < -0.4 is 0 Å². The van der Waals surface area contributed by atoms with Gasteiger partial charge in [0.1, 0.15) is 0 Å². The van der Waals surface area contributed by atoms with Crippen LogP contribution in [0.3, 0.4) is 0 Å². The van der Waals surface area contributed by atoms with Crippen LogP contribution in [0.15, 0.2) is 11.1 Å². The highest BCUT2D eigenvalue weighted by molar-refractivity contribution is 5.25. The van der Waals surface area contributed by atoms with Crippen molar-refractivity contribution in [2.75, 3.05) is 6.54 Å². The summed E-state index contributed by atoms with van der Waals surface area (Å²) >= 11 is 0. The SMILES string of the molecule is CC(C)C1=C(C(C)C)C(C)C(C)N(F)C1. The van der Waals surface area contributed by atoms with Crippen LogP contribution in [0, 0.1) is 17.8 Å². The van der Waals surface area contributed by atoms with E-state index in [1.54, 1.807) is 0 Å². The van der Waals surface area contributed by atoms with E-state index in [0.29, 0.717) is 24.3 Å². The van der Waals surface area contributed by atoms with E-state index >= 15 is 0 Å². The first-order valence-corrected chi connectivity index (χ1v) is 6.01. The maximum absolute atomic E-state index is 13.7. The minimum atomic E-state index is 0.0184. The number of halogens is 1. The lowest BCUT2D eigenvalue weighted by Crippen LogP contribution is -2.41. The summed E-state index contributed by atoms with van der Waals surface area (Å²) in [4.78, 5) is 0. The smallest absolute Gasteiger partial charge is 0.0509 e. The van der Waals surface area contributed by atoms with Gasteiger partial charge in [0.05, 0.1) is 6.54 Å². The molecule has 1 heterocycles. The van der Waals surface area contributed by atoms with Crippen molar-refractivity contribution in [2.24, 2.45) is 17.8 Å². The van der Waals surface area contributed by atoms with Gasteiger partial charge in [0.25, 0.3) is 0 Å². The lowest BCUT2D eigenvalue weighted by molar-refractivity contribution is -0.0325. The van der Waals surface area contributed by atoms with Crippen LogP contribution in [0.25, 0.3) is 0 Å². The molecule has 15 heavy (non-hydrogen) atoms. The molecule has 2 unspecified atom stereocenters. The highest BCUT2D eigenvalue weighted by Crippen LogP contribution is 2.36. The molecule has 2 heteroatoms. The molecule has 1 aliphatic heterocycles. The van der Waals surface area contributed by atoms with Gasteiger partial charge in [0.15, 0.2) is 0 Å². The van der Waals surface area contributed by atoms with E-state index in [-0.39, 0.29) is 6.04 Å². The van der Waals surface area contributed by atoms with Crippen molar-refractivity contribution in [2.45, 2.75) is 47.6 Å². The Balaban J connectivity index is 3.11. The number of rotatable bonds is 2. The van der Waals surface area contributed by atoms with Crippen LogP contribution in [0.5, 0.6) is 0 Å². The molecule has 0 saturated heterocycles. The van der Waals surface area contributed by atoms with Gasteiger partial charge >= 0.3 is 0 Å². The van der Waals surface area contributed by atoms with E-state index in [9.17, 15) is 4.48 Å². The Morgan fingerprint density at radius 3 is 2.07 bits per heavy atom. The fourth-order valence-corrected chi connectivity index (χ4v) is 2.61. The van der Waals surface area contributed by atoms with Gasteiger partial charge in [-0.05, 0) is 24.7 Å². The number of nitrogens with zero attached hydrogens (tertiary/aromatic N) is 1. The van der Waals surface area contributed by atoms with Crippen LogP contribution in [0.2, 0.25) is 0 Å². The zero-order valence-corrected chi connectivity index (χ0v) is 10.8. The maximum Gasteiger partial charge on any atom is 0.0509 e. The molecule has 88 valence electrons. The Bertz CT molecular complexity index is 255. The Hall–Kier alpha value is -0.370. The molecule has 0 fully saturated rings. The first-order valence-electron chi connectivity index (χ1n) is 6.01. The highest BCUT2D eigenvalue weighted by atomic mass is 19.2. The van der Waals surface area contributed by atoms with E-state index < -0.39 is 0 Å². The first-order chi connectivity index (χ1) is 6.86. The second-order valence-electron chi connectivity index (χ2n) is 5.38. The summed E-state index contributed by atoms with van der Waals surface area (Å²) in [6, 6.07) is 0.0184. The third-order valence-electron chi connectivity index (χ3n) is 3.67. The quantitative estimate of drug-likeness (QED) is 0.498. The van der Waals surface area contributed by atoms with Crippen molar-refractivity contribution in [3.63, 3.8) is 0 Å². The summed E-state index contributed by atoms with van der Waals surface area (Å²) < 4.78 is 13.7. The second-order valence-corrected chi connectivity index (χ2v) is 5.38. The fourth-order valence-electron chi connectivity index (χ4n) is 2.61. The van der Waals surface area contributed by atoms with Crippen molar-refractivity contribution in [3.8, 4) is 0 Å². The summed E-state index contributed by atoms with van der Waals surface area (Å²) in [7, 11) is 0. The van der Waals surface area contributed by atoms with Crippen LogP contribution in [-0.2, 0) is 0 Å². The molecule has 0 amide bonds. The topological polar surface area (TPSA) is 3.24 Å². The number of hydrogen-bond acceptors (Lipinski definition) is 1. The molecular formula is C13H24FN. The van der Waals surface area contributed by atoms with Gasteiger partial charge in [-0.1, -0.05) is 45.8 Å². The molecule has 0 saturated carbocycles. The van der Waals surface area contributed by atoms with Crippen molar-refractivity contribution in [1.82, 2.24) is 5.12 Å². The van der Waals surface area contributed by atoms with Gasteiger partial charge in [-0.15, -0.1) is 9.60 Å². The zero-order chi connectivity index (χ0) is 11.7. The molecule has 1 aliphatic rings. The van der Waals surface area contributed by atoms with Gasteiger partial charge in [0.2, 0.25) is 0 Å². The second kappa shape index (κ2) is 4.65. The summed E-state index contributed by atoms with van der Waals surface area (Å²) in [5.74, 6) is 1.32. The first kappa shape index (κ1) is 12.7. The van der Waals surface area contributed by atoms with Crippen LogP contribution in [-0.4, -0.2) is 17.7 Å². The maximum atomic E-state index is 13.7. The summed E-state index contributed by atoms with van der Waals surface area (Å²) in [5.41, 5.74) is 2.78. The minimum absolute atomic E-state index is 0.0184. The molecule has 1 rings (SSSR count). The Morgan fingerprint density at radius 2 is 1.67 bits per heavy atom. The van der Waals surface area contributed by atoms with Crippen LogP contribution in [0.1, 0.15) is 41.5 Å². The van der Waals surface area contributed by atoms with E-state index in [0.717, 1.165) is 5.12 Å². The molecule has 0 aromatic carbocycles. The molecule has 0 N–H and O–H groups in total. The van der Waals surface area contributed by atoms with E-state index in [4.69, 9.17) is 0 Å². The Labute approximate surface area is 93.3 Å². The molecule has 2 atom stereocenters. The monoisotopic (exact) mass is 213 g/mol. The van der Waals surface area contributed by atoms with E-state index in [1.807, 2.05) is 6.92 Å². The van der Waals surface area contributed by atoms with Gasteiger partial charge in [-0.2, -0.15) is 0 Å². The normalized spacial score (nSPS) is 29.4. The van der Waals surface area contributed by atoms with Gasteiger partial charge < -0.3 is 0 Å². The van der Waals surface area contributed by atoms with Gasteiger partial charge in [0, 0.05) is 6.04 Å². The highest BCUT2D eigenvalue weighted by Gasteiger charge is 2.33. The predicted molar refractivity (Wildman–Crippen MR) is 63.1 cm³/mol. The fraction of sp³-hybridized carbons (Fsp3) is 0.846. The molecule has 0 radical (unpaired) electrons. The van der Waals surface area contributed by atoms with Crippen LogP contribution >= 0.6 is 0 Å². The molecular weight excluding hydrogens is 189 g/mol. The van der Waals surface area contributed by atoms with E-state index in [1.165, 1.54) is 11.1 Å². The molecule has 1 nitrogen and oxygen atoms in total. The summed E-state index contributed by atoms with van der Waals surface area (Å²) in [5, 5.41) is 0.992.